The molecule has 17 heavy (non-hydrogen) atoms. The molecule has 4 heteroatoms. The summed E-state index contributed by atoms with van der Waals surface area (Å²) < 4.78 is 16.2. The Balaban J connectivity index is 2.09. The van der Waals surface area contributed by atoms with Gasteiger partial charge in [-0.2, -0.15) is 0 Å². The summed E-state index contributed by atoms with van der Waals surface area (Å²) in [6, 6.07) is 5.77. The van der Waals surface area contributed by atoms with E-state index < -0.39 is 6.10 Å². The van der Waals surface area contributed by atoms with Crippen molar-refractivity contribution in [3.8, 4) is 11.5 Å². The fraction of sp³-hybridized carbons (Fsp3) is 0.538. The highest BCUT2D eigenvalue weighted by Gasteiger charge is 2.42. The highest BCUT2D eigenvalue weighted by Crippen LogP contribution is 2.34. The molecule has 2 rings (SSSR count). The zero-order valence-electron chi connectivity index (χ0n) is 10.3. The van der Waals surface area contributed by atoms with Crippen LogP contribution in [0.4, 0.5) is 0 Å². The van der Waals surface area contributed by atoms with Gasteiger partial charge in [0.15, 0.2) is 11.5 Å². The fourth-order valence-electron chi connectivity index (χ4n) is 2.02. The molecule has 4 nitrogen and oxygen atoms in total. The van der Waals surface area contributed by atoms with Gasteiger partial charge >= 0.3 is 0 Å². The molecule has 0 saturated heterocycles. The van der Waals surface area contributed by atoms with Crippen LogP contribution in [0.5, 0.6) is 11.5 Å². The molecule has 3 unspecified atom stereocenters. The molecule has 0 radical (unpaired) electrons. The van der Waals surface area contributed by atoms with E-state index in [4.69, 9.17) is 14.2 Å². The lowest BCUT2D eigenvalue weighted by molar-refractivity contribution is -0.149. The number of benzene rings is 1. The molecule has 0 bridgehead atoms. The van der Waals surface area contributed by atoms with Gasteiger partial charge in [0, 0.05) is 13.5 Å². The first-order valence-corrected chi connectivity index (χ1v) is 5.68. The smallest absolute Gasteiger partial charge is 0.161 e. The van der Waals surface area contributed by atoms with E-state index in [1.165, 1.54) is 0 Å². The predicted octanol–water partition coefficient (Wildman–Crippen LogP) is 1.53. The number of rotatable bonds is 4. The Morgan fingerprint density at radius 2 is 2.00 bits per heavy atom. The summed E-state index contributed by atoms with van der Waals surface area (Å²) >= 11 is 0. The molecule has 0 aliphatic heterocycles. The van der Waals surface area contributed by atoms with E-state index in [1.54, 1.807) is 14.2 Å². The van der Waals surface area contributed by atoms with Crippen molar-refractivity contribution in [3.63, 3.8) is 0 Å². The van der Waals surface area contributed by atoms with Crippen LogP contribution in [0.15, 0.2) is 18.2 Å². The van der Waals surface area contributed by atoms with Crippen LogP contribution in [-0.4, -0.2) is 37.6 Å². The van der Waals surface area contributed by atoms with Crippen molar-refractivity contribution >= 4 is 0 Å². The minimum absolute atomic E-state index is 0.105. The van der Waals surface area contributed by atoms with Gasteiger partial charge in [0.1, 0.15) is 12.2 Å². The first kappa shape index (κ1) is 12.2. The molecule has 1 saturated carbocycles. The van der Waals surface area contributed by atoms with E-state index in [0.29, 0.717) is 17.9 Å². The van der Waals surface area contributed by atoms with E-state index in [2.05, 4.69) is 0 Å². The average molecular weight is 238 g/mol. The second-order valence-electron chi connectivity index (χ2n) is 4.31. The SMILES string of the molecule is COc1cc(C)ccc1OC1CC(O)C1OC. The Morgan fingerprint density at radius 3 is 2.59 bits per heavy atom. The number of aryl methyl sites for hydroxylation is 1. The van der Waals surface area contributed by atoms with Gasteiger partial charge in [0.05, 0.1) is 13.2 Å². The topological polar surface area (TPSA) is 47.9 Å². The van der Waals surface area contributed by atoms with Crippen LogP contribution in [0.2, 0.25) is 0 Å². The standard InChI is InChI=1S/C13H18O4/c1-8-4-5-10(11(6-8)15-2)17-12-7-9(14)13(12)16-3/h4-6,9,12-14H,7H2,1-3H3. The van der Waals surface area contributed by atoms with Gasteiger partial charge in [0.25, 0.3) is 0 Å². The third-order valence-corrected chi connectivity index (χ3v) is 3.09. The van der Waals surface area contributed by atoms with Crippen molar-refractivity contribution in [2.45, 2.75) is 31.7 Å². The molecule has 3 atom stereocenters. The number of methoxy groups -OCH3 is 2. The Hall–Kier alpha value is -1.26. The van der Waals surface area contributed by atoms with Gasteiger partial charge in [-0.15, -0.1) is 0 Å². The van der Waals surface area contributed by atoms with Gasteiger partial charge in [-0.05, 0) is 24.6 Å². The number of hydrogen-bond donors (Lipinski definition) is 1. The quantitative estimate of drug-likeness (QED) is 0.864. The lowest BCUT2D eigenvalue weighted by Gasteiger charge is -2.40. The molecule has 0 heterocycles. The number of hydrogen-bond acceptors (Lipinski definition) is 4. The molecule has 0 amide bonds. The van der Waals surface area contributed by atoms with Gasteiger partial charge < -0.3 is 19.3 Å². The van der Waals surface area contributed by atoms with Crippen LogP contribution in [0.25, 0.3) is 0 Å². The minimum Gasteiger partial charge on any atom is -0.493 e. The monoisotopic (exact) mass is 238 g/mol. The van der Waals surface area contributed by atoms with Gasteiger partial charge in [-0.3, -0.25) is 0 Å². The molecule has 94 valence electrons. The summed E-state index contributed by atoms with van der Waals surface area (Å²) in [6.45, 7) is 2.00. The van der Waals surface area contributed by atoms with E-state index in [0.717, 1.165) is 5.56 Å². The van der Waals surface area contributed by atoms with Gasteiger partial charge in [0.2, 0.25) is 0 Å². The van der Waals surface area contributed by atoms with Crippen molar-refractivity contribution in [1.82, 2.24) is 0 Å². The third kappa shape index (κ3) is 2.37. The van der Waals surface area contributed by atoms with Crippen LogP contribution in [0.1, 0.15) is 12.0 Å². The largest absolute Gasteiger partial charge is 0.493 e. The summed E-state index contributed by atoms with van der Waals surface area (Å²) in [7, 11) is 3.20. The Labute approximate surface area is 101 Å². The zero-order chi connectivity index (χ0) is 12.4. The maximum Gasteiger partial charge on any atom is 0.161 e. The molecule has 0 aromatic heterocycles. The normalized spacial score (nSPS) is 27.4. The average Bonchev–Trinajstić information content (AvgIpc) is 2.30. The Morgan fingerprint density at radius 1 is 1.24 bits per heavy atom. The zero-order valence-corrected chi connectivity index (χ0v) is 10.3. The molecular weight excluding hydrogens is 220 g/mol. The van der Waals surface area contributed by atoms with Gasteiger partial charge in [-0.25, -0.2) is 0 Å². The van der Waals surface area contributed by atoms with Crippen LogP contribution < -0.4 is 9.47 Å². The van der Waals surface area contributed by atoms with Crippen LogP contribution >= 0.6 is 0 Å². The van der Waals surface area contributed by atoms with E-state index >= 15 is 0 Å². The number of aliphatic hydroxyl groups excluding tert-OH is 1. The molecule has 1 aliphatic carbocycles. The van der Waals surface area contributed by atoms with Crippen LogP contribution in [-0.2, 0) is 4.74 Å². The van der Waals surface area contributed by atoms with E-state index in [9.17, 15) is 5.11 Å². The summed E-state index contributed by atoms with van der Waals surface area (Å²) in [5, 5.41) is 9.49. The van der Waals surface area contributed by atoms with Crippen molar-refractivity contribution in [3.05, 3.63) is 23.8 Å². The Bertz CT molecular complexity index is 391. The lowest BCUT2D eigenvalue weighted by atomic mass is 9.88. The molecule has 0 spiro atoms. The van der Waals surface area contributed by atoms with Gasteiger partial charge in [-0.1, -0.05) is 6.07 Å². The second-order valence-corrected chi connectivity index (χ2v) is 4.31. The molecule has 1 N–H and O–H groups in total. The molecule has 1 aromatic rings. The van der Waals surface area contributed by atoms with Crippen LogP contribution in [0, 0.1) is 6.92 Å². The maximum atomic E-state index is 9.49. The second kappa shape index (κ2) is 4.94. The molecule has 1 aliphatic rings. The summed E-state index contributed by atoms with van der Waals surface area (Å²) in [4.78, 5) is 0. The molecule has 1 aromatic carbocycles. The number of ether oxygens (including phenoxy) is 3. The number of aliphatic hydroxyl groups is 1. The summed E-state index contributed by atoms with van der Waals surface area (Å²) in [5.41, 5.74) is 1.12. The third-order valence-electron chi connectivity index (χ3n) is 3.09. The van der Waals surface area contributed by atoms with Crippen molar-refractivity contribution in [2.24, 2.45) is 0 Å². The highest BCUT2D eigenvalue weighted by atomic mass is 16.6. The fourth-order valence-corrected chi connectivity index (χ4v) is 2.02. The highest BCUT2D eigenvalue weighted by molar-refractivity contribution is 5.42. The van der Waals surface area contributed by atoms with Crippen molar-refractivity contribution in [2.75, 3.05) is 14.2 Å². The molecular formula is C13H18O4. The van der Waals surface area contributed by atoms with E-state index in [1.807, 2.05) is 25.1 Å². The first-order valence-electron chi connectivity index (χ1n) is 5.68. The van der Waals surface area contributed by atoms with E-state index in [-0.39, 0.29) is 12.2 Å². The van der Waals surface area contributed by atoms with Crippen molar-refractivity contribution in [1.29, 1.82) is 0 Å². The predicted molar refractivity (Wildman–Crippen MR) is 63.6 cm³/mol. The molecule has 1 fully saturated rings. The first-order chi connectivity index (χ1) is 8.15. The van der Waals surface area contributed by atoms with Crippen LogP contribution in [0.3, 0.4) is 0 Å². The summed E-state index contributed by atoms with van der Waals surface area (Å²) in [6.07, 6.45) is -0.190. The maximum absolute atomic E-state index is 9.49. The minimum atomic E-state index is -0.429. The lowest BCUT2D eigenvalue weighted by Crippen LogP contribution is -2.54. The Kier molecular flexibility index (Phi) is 3.54. The van der Waals surface area contributed by atoms with Crippen molar-refractivity contribution < 1.29 is 19.3 Å². The summed E-state index contributed by atoms with van der Waals surface area (Å²) in [5.74, 6) is 1.40.